The number of carbonyl (C=O) groups excluding carboxylic acids is 1. The minimum absolute atomic E-state index is 0.160. The fraction of sp³-hybridized carbons (Fsp3) is 0.778. The molecule has 2 aliphatic rings. The number of hydrogen-bond donors (Lipinski definition) is 0. The molecule has 0 aromatic carbocycles. The second kappa shape index (κ2) is 5.55. The number of methoxy groups -OCH3 is 1. The van der Waals surface area contributed by atoms with Gasteiger partial charge in [0.15, 0.2) is 0 Å². The van der Waals surface area contributed by atoms with Gasteiger partial charge in [0.1, 0.15) is 4.88 Å². The summed E-state index contributed by atoms with van der Waals surface area (Å²) >= 11 is 1.56. The lowest BCUT2D eigenvalue weighted by atomic mass is 9.48. The molecule has 2 atom stereocenters. The molecule has 2 heterocycles. The van der Waals surface area contributed by atoms with Gasteiger partial charge in [0, 0.05) is 31.5 Å². The van der Waals surface area contributed by atoms with Gasteiger partial charge in [-0.05, 0) is 24.7 Å². The van der Waals surface area contributed by atoms with E-state index in [9.17, 15) is 4.79 Å². The summed E-state index contributed by atoms with van der Waals surface area (Å²) in [6.07, 6.45) is 1.14. The Balaban J connectivity index is 1.82. The second-order valence-electron chi connectivity index (χ2n) is 8.32. The standard InChI is InChI=1S/C18H28N2O2S/c1-11(2)15-19-12(3)14(23-15)16(21)20-7-13-17(4,5)8-18(13,9-20)10-22-6/h11,13H,7-10H2,1-6H3/t13-,18-/m1/s1. The summed E-state index contributed by atoms with van der Waals surface area (Å²) in [6, 6.07) is 0. The summed E-state index contributed by atoms with van der Waals surface area (Å²) < 4.78 is 5.49. The van der Waals surface area contributed by atoms with E-state index in [0.29, 0.717) is 17.3 Å². The Morgan fingerprint density at radius 3 is 2.70 bits per heavy atom. The van der Waals surface area contributed by atoms with Crippen molar-refractivity contribution in [1.82, 2.24) is 9.88 Å². The van der Waals surface area contributed by atoms with Crippen LogP contribution in [0.5, 0.6) is 0 Å². The minimum Gasteiger partial charge on any atom is -0.384 e. The van der Waals surface area contributed by atoms with Crippen LogP contribution >= 0.6 is 11.3 Å². The Morgan fingerprint density at radius 1 is 1.48 bits per heavy atom. The first-order chi connectivity index (χ1) is 10.7. The highest BCUT2D eigenvalue weighted by Crippen LogP contribution is 2.62. The summed E-state index contributed by atoms with van der Waals surface area (Å²) in [7, 11) is 1.77. The summed E-state index contributed by atoms with van der Waals surface area (Å²) in [5, 5.41) is 1.06. The summed E-state index contributed by atoms with van der Waals surface area (Å²) in [6.45, 7) is 13.3. The van der Waals surface area contributed by atoms with Gasteiger partial charge < -0.3 is 9.64 Å². The normalized spacial score (nSPS) is 28.8. The molecule has 4 nitrogen and oxygen atoms in total. The SMILES string of the molecule is COC[C@@]12CN(C(=O)c3sc(C(C)C)nc3C)C[C@@H]1C(C)(C)C2. The molecule has 128 valence electrons. The zero-order valence-corrected chi connectivity index (χ0v) is 15.9. The van der Waals surface area contributed by atoms with Crippen LogP contribution in [-0.2, 0) is 4.74 Å². The van der Waals surface area contributed by atoms with Gasteiger partial charge in [-0.1, -0.05) is 27.7 Å². The molecule has 1 saturated heterocycles. The molecule has 0 N–H and O–H groups in total. The maximum Gasteiger partial charge on any atom is 0.265 e. The van der Waals surface area contributed by atoms with Gasteiger partial charge in [-0.2, -0.15) is 0 Å². The number of nitrogens with zero attached hydrogens (tertiary/aromatic N) is 2. The average molecular weight is 337 g/mol. The average Bonchev–Trinajstić information content (AvgIpc) is 2.98. The van der Waals surface area contributed by atoms with Crippen molar-refractivity contribution < 1.29 is 9.53 Å². The molecule has 5 heteroatoms. The minimum atomic E-state index is 0.160. The van der Waals surface area contributed by atoms with Gasteiger partial charge in [-0.25, -0.2) is 4.98 Å². The van der Waals surface area contributed by atoms with Crippen molar-refractivity contribution in [1.29, 1.82) is 0 Å². The third-order valence-electron chi connectivity index (χ3n) is 5.62. The molecule has 0 radical (unpaired) electrons. The molecule has 1 saturated carbocycles. The molecule has 1 aliphatic carbocycles. The number of aromatic nitrogens is 1. The smallest absolute Gasteiger partial charge is 0.265 e. The van der Waals surface area contributed by atoms with Crippen molar-refractivity contribution in [3.05, 3.63) is 15.6 Å². The highest BCUT2D eigenvalue weighted by Gasteiger charge is 2.63. The number of likely N-dealkylation sites (tertiary alicyclic amines) is 1. The molecule has 1 aromatic rings. The maximum absolute atomic E-state index is 13.0. The maximum atomic E-state index is 13.0. The van der Waals surface area contributed by atoms with Crippen LogP contribution in [0.25, 0.3) is 0 Å². The van der Waals surface area contributed by atoms with Gasteiger partial charge >= 0.3 is 0 Å². The molecule has 23 heavy (non-hydrogen) atoms. The van der Waals surface area contributed by atoms with Crippen molar-refractivity contribution in [2.24, 2.45) is 16.7 Å². The summed E-state index contributed by atoms with van der Waals surface area (Å²) in [4.78, 5) is 20.5. The van der Waals surface area contributed by atoms with Crippen LogP contribution in [0.3, 0.4) is 0 Å². The Hall–Kier alpha value is -0.940. The van der Waals surface area contributed by atoms with Gasteiger partial charge in [-0.15, -0.1) is 11.3 Å². The zero-order chi connectivity index (χ0) is 17.0. The van der Waals surface area contributed by atoms with Crippen LogP contribution < -0.4 is 0 Å². The molecule has 1 aliphatic heterocycles. The molecule has 1 aromatic heterocycles. The molecular weight excluding hydrogens is 308 g/mol. The molecular formula is C18H28N2O2S. The first kappa shape index (κ1) is 16.9. The number of carbonyl (C=O) groups is 1. The van der Waals surface area contributed by atoms with Gasteiger partial charge in [-0.3, -0.25) is 4.79 Å². The highest BCUT2D eigenvalue weighted by atomic mass is 32.1. The van der Waals surface area contributed by atoms with E-state index >= 15 is 0 Å². The van der Waals surface area contributed by atoms with Crippen LogP contribution in [0, 0.1) is 23.7 Å². The largest absolute Gasteiger partial charge is 0.384 e. The van der Waals surface area contributed by atoms with E-state index in [1.54, 1.807) is 18.4 Å². The van der Waals surface area contributed by atoms with E-state index < -0.39 is 0 Å². The monoisotopic (exact) mass is 336 g/mol. The number of aryl methyl sites for hydroxylation is 1. The van der Waals surface area contributed by atoms with Crippen LogP contribution in [0.4, 0.5) is 0 Å². The molecule has 2 fully saturated rings. The predicted molar refractivity (Wildman–Crippen MR) is 93.0 cm³/mol. The Kier molecular flexibility index (Phi) is 4.08. The van der Waals surface area contributed by atoms with Gasteiger partial charge in [0.05, 0.1) is 17.3 Å². The van der Waals surface area contributed by atoms with Crippen LogP contribution in [0.15, 0.2) is 0 Å². The zero-order valence-electron chi connectivity index (χ0n) is 15.1. The first-order valence-electron chi connectivity index (χ1n) is 8.46. The van der Waals surface area contributed by atoms with E-state index in [2.05, 4.69) is 32.7 Å². The molecule has 0 bridgehead atoms. The van der Waals surface area contributed by atoms with E-state index in [4.69, 9.17) is 4.74 Å². The van der Waals surface area contributed by atoms with Crippen molar-refractivity contribution in [3.8, 4) is 0 Å². The number of rotatable bonds is 4. The fourth-order valence-electron chi connectivity index (χ4n) is 4.77. The lowest BCUT2D eigenvalue weighted by Gasteiger charge is -2.56. The number of hydrogen-bond acceptors (Lipinski definition) is 4. The van der Waals surface area contributed by atoms with Crippen LogP contribution in [0.2, 0.25) is 0 Å². The van der Waals surface area contributed by atoms with Gasteiger partial charge in [0.25, 0.3) is 5.91 Å². The number of fused-ring (bicyclic) bond motifs is 1. The van der Waals surface area contributed by atoms with E-state index in [-0.39, 0.29) is 11.3 Å². The summed E-state index contributed by atoms with van der Waals surface area (Å²) in [5.41, 5.74) is 1.34. The molecule has 1 amide bonds. The third-order valence-corrected chi connectivity index (χ3v) is 7.07. The quantitative estimate of drug-likeness (QED) is 0.842. The van der Waals surface area contributed by atoms with E-state index in [1.165, 1.54) is 0 Å². The second-order valence-corrected chi connectivity index (χ2v) is 9.35. The lowest BCUT2D eigenvalue weighted by molar-refractivity contribution is -0.107. The molecule has 0 spiro atoms. The first-order valence-corrected chi connectivity index (χ1v) is 9.27. The fourth-order valence-corrected chi connectivity index (χ4v) is 5.81. The van der Waals surface area contributed by atoms with Crippen molar-refractivity contribution in [2.75, 3.05) is 26.8 Å². The Bertz CT molecular complexity index is 623. The number of ether oxygens (including phenoxy) is 1. The molecule has 0 unspecified atom stereocenters. The molecule has 3 rings (SSSR count). The number of amides is 1. The topological polar surface area (TPSA) is 42.4 Å². The lowest BCUT2D eigenvalue weighted by Crippen LogP contribution is -2.55. The van der Waals surface area contributed by atoms with E-state index in [1.807, 2.05) is 11.8 Å². The van der Waals surface area contributed by atoms with Crippen LogP contribution in [-0.4, -0.2) is 42.6 Å². The Morgan fingerprint density at radius 2 is 2.17 bits per heavy atom. The number of thiazole rings is 1. The Labute approximate surface area is 143 Å². The van der Waals surface area contributed by atoms with Crippen molar-refractivity contribution >= 4 is 17.2 Å². The van der Waals surface area contributed by atoms with Crippen LogP contribution in [0.1, 0.15) is 60.4 Å². The van der Waals surface area contributed by atoms with Crippen molar-refractivity contribution in [3.63, 3.8) is 0 Å². The predicted octanol–water partition coefficient (Wildman–Crippen LogP) is 3.71. The van der Waals surface area contributed by atoms with E-state index in [0.717, 1.165) is 41.7 Å². The third kappa shape index (κ3) is 2.62. The van der Waals surface area contributed by atoms with Crippen molar-refractivity contribution in [2.45, 2.75) is 47.0 Å². The summed E-state index contributed by atoms with van der Waals surface area (Å²) in [5.74, 6) is 1.07. The van der Waals surface area contributed by atoms with Gasteiger partial charge in [0.2, 0.25) is 0 Å². The highest BCUT2D eigenvalue weighted by molar-refractivity contribution is 7.13.